The summed E-state index contributed by atoms with van der Waals surface area (Å²) in [6.07, 6.45) is 5.41. The zero-order chi connectivity index (χ0) is 12.5. The molecule has 0 aliphatic carbocycles. The number of hydrogen-bond donors (Lipinski definition) is 2. The molecule has 0 amide bonds. The van der Waals surface area contributed by atoms with E-state index in [-0.39, 0.29) is 0 Å². The van der Waals surface area contributed by atoms with Crippen LogP contribution < -0.4 is 11.1 Å². The van der Waals surface area contributed by atoms with Crippen molar-refractivity contribution < 1.29 is 0 Å². The molecule has 0 radical (unpaired) electrons. The van der Waals surface area contributed by atoms with Crippen LogP contribution in [0.25, 0.3) is 0 Å². The number of nitrogens with one attached hydrogen (secondary N) is 1. The molecule has 2 saturated heterocycles. The number of aromatic nitrogens is 1. The number of hydrogen-bond acceptors (Lipinski definition) is 4. The van der Waals surface area contributed by atoms with Gasteiger partial charge in [-0.3, -0.25) is 0 Å². The smallest absolute Gasteiger partial charge is 0.128 e. The summed E-state index contributed by atoms with van der Waals surface area (Å²) in [6, 6.07) is 7.37. The van der Waals surface area contributed by atoms with Gasteiger partial charge in [0, 0.05) is 18.6 Å². The molecule has 1 aromatic heterocycles. The van der Waals surface area contributed by atoms with Crippen LogP contribution in [0.1, 0.15) is 25.7 Å². The van der Waals surface area contributed by atoms with Gasteiger partial charge in [0.15, 0.2) is 0 Å². The van der Waals surface area contributed by atoms with Crippen molar-refractivity contribution in [1.29, 1.82) is 0 Å². The fourth-order valence-electron chi connectivity index (χ4n) is 3.49. The van der Waals surface area contributed by atoms with Gasteiger partial charge < -0.3 is 16.0 Å². The highest BCUT2D eigenvalue weighted by atomic mass is 15.2. The molecule has 2 fully saturated rings. The fraction of sp³-hybridized carbons (Fsp3) is 0.643. The van der Waals surface area contributed by atoms with Gasteiger partial charge in [-0.05, 0) is 50.8 Å². The predicted molar refractivity (Wildman–Crippen MR) is 74.4 cm³/mol. The summed E-state index contributed by atoms with van der Waals surface area (Å²) in [5, 5.41) is 3.43. The van der Waals surface area contributed by atoms with Crippen LogP contribution in [0.5, 0.6) is 0 Å². The largest absolute Gasteiger partial charge is 0.384 e. The molecule has 2 atom stereocenters. The minimum atomic E-state index is 0.587. The number of nitrogen functional groups attached to an aromatic ring is 1. The fourth-order valence-corrected chi connectivity index (χ4v) is 3.49. The third-order valence-corrected chi connectivity index (χ3v) is 4.54. The molecule has 4 heteroatoms. The van der Waals surface area contributed by atoms with Crippen LogP contribution in [0, 0.1) is 5.92 Å². The number of fused-ring (bicyclic) bond motifs is 2. The highest BCUT2D eigenvalue weighted by Gasteiger charge is 2.38. The van der Waals surface area contributed by atoms with Gasteiger partial charge >= 0.3 is 0 Å². The molecular formula is C14H22N4. The number of nitrogens with zero attached hydrogens (tertiary/aromatic N) is 2. The lowest BCUT2D eigenvalue weighted by Gasteiger charge is -2.36. The van der Waals surface area contributed by atoms with Crippen molar-refractivity contribution in [2.45, 2.75) is 37.8 Å². The normalized spacial score (nSPS) is 31.5. The van der Waals surface area contributed by atoms with E-state index in [1.54, 1.807) is 0 Å². The summed E-state index contributed by atoms with van der Waals surface area (Å²) in [5.74, 6) is 2.27. The third kappa shape index (κ3) is 2.29. The minimum Gasteiger partial charge on any atom is -0.384 e. The average molecular weight is 246 g/mol. The summed E-state index contributed by atoms with van der Waals surface area (Å²) in [7, 11) is 2.28. The SMILES string of the molecule is CN1C2CCC1CC(CNc1cccc(N)n1)C2. The Kier molecular flexibility index (Phi) is 3.12. The Balaban J connectivity index is 1.55. The summed E-state index contributed by atoms with van der Waals surface area (Å²) < 4.78 is 0. The summed E-state index contributed by atoms with van der Waals surface area (Å²) in [6.45, 7) is 1.03. The van der Waals surface area contributed by atoms with E-state index in [0.717, 1.165) is 30.4 Å². The Morgan fingerprint density at radius 2 is 2.06 bits per heavy atom. The minimum absolute atomic E-state index is 0.587. The van der Waals surface area contributed by atoms with E-state index in [9.17, 15) is 0 Å². The Morgan fingerprint density at radius 1 is 1.33 bits per heavy atom. The van der Waals surface area contributed by atoms with Crippen molar-refractivity contribution in [3.8, 4) is 0 Å². The molecule has 0 spiro atoms. The van der Waals surface area contributed by atoms with Crippen molar-refractivity contribution in [3.63, 3.8) is 0 Å². The second kappa shape index (κ2) is 4.76. The van der Waals surface area contributed by atoms with Gasteiger partial charge in [0.2, 0.25) is 0 Å². The Morgan fingerprint density at radius 3 is 2.72 bits per heavy atom. The molecular weight excluding hydrogens is 224 g/mol. The molecule has 98 valence electrons. The lowest BCUT2D eigenvalue weighted by Crippen LogP contribution is -2.41. The standard InChI is InChI=1S/C14H22N4/c1-18-11-5-6-12(18)8-10(7-11)9-16-14-4-2-3-13(15)17-14/h2-4,10-12H,5-9H2,1H3,(H3,15,16,17). The molecule has 18 heavy (non-hydrogen) atoms. The molecule has 2 bridgehead atoms. The maximum atomic E-state index is 5.68. The molecule has 2 aliphatic rings. The van der Waals surface area contributed by atoms with E-state index in [2.05, 4.69) is 22.2 Å². The number of anilines is 2. The number of nitrogens with two attached hydrogens (primary N) is 1. The summed E-state index contributed by atoms with van der Waals surface area (Å²) in [5.41, 5.74) is 5.68. The second-order valence-corrected chi connectivity index (χ2v) is 5.72. The lowest BCUT2D eigenvalue weighted by molar-refractivity contribution is 0.139. The molecule has 4 nitrogen and oxygen atoms in total. The zero-order valence-corrected chi connectivity index (χ0v) is 11.0. The Labute approximate surface area is 109 Å². The van der Waals surface area contributed by atoms with Gasteiger partial charge in [0.25, 0.3) is 0 Å². The lowest BCUT2D eigenvalue weighted by atomic mass is 9.91. The molecule has 3 N–H and O–H groups in total. The van der Waals surface area contributed by atoms with Crippen molar-refractivity contribution >= 4 is 11.6 Å². The quantitative estimate of drug-likeness (QED) is 0.856. The van der Waals surface area contributed by atoms with Gasteiger partial charge in [-0.25, -0.2) is 4.98 Å². The van der Waals surface area contributed by atoms with Crippen LogP contribution in [0.15, 0.2) is 18.2 Å². The number of pyridine rings is 1. The average Bonchev–Trinajstić information content (AvgIpc) is 2.60. The van der Waals surface area contributed by atoms with E-state index in [0.29, 0.717) is 5.82 Å². The van der Waals surface area contributed by atoms with E-state index in [1.165, 1.54) is 25.7 Å². The van der Waals surface area contributed by atoms with Crippen LogP contribution in [-0.2, 0) is 0 Å². The predicted octanol–water partition coefficient (Wildman–Crippen LogP) is 1.95. The first-order valence-corrected chi connectivity index (χ1v) is 6.90. The topological polar surface area (TPSA) is 54.2 Å². The molecule has 2 unspecified atom stereocenters. The summed E-state index contributed by atoms with van der Waals surface area (Å²) in [4.78, 5) is 6.86. The first-order chi connectivity index (χ1) is 8.72. The van der Waals surface area contributed by atoms with Crippen LogP contribution in [-0.4, -0.2) is 35.6 Å². The van der Waals surface area contributed by atoms with Gasteiger partial charge in [0.05, 0.1) is 0 Å². The molecule has 3 rings (SSSR count). The molecule has 2 aliphatic heterocycles. The maximum Gasteiger partial charge on any atom is 0.128 e. The van der Waals surface area contributed by atoms with Crippen LogP contribution >= 0.6 is 0 Å². The maximum absolute atomic E-state index is 5.68. The number of rotatable bonds is 3. The Hall–Kier alpha value is -1.29. The van der Waals surface area contributed by atoms with Crippen LogP contribution in [0.3, 0.4) is 0 Å². The summed E-state index contributed by atoms with van der Waals surface area (Å²) >= 11 is 0. The molecule has 3 heterocycles. The Bertz CT molecular complexity index is 406. The second-order valence-electron chi connectivity index (χ2n) is 5.72. The van der Waals surface area contributed by atoms with Crippen molar-refractivity contribution in [2.75, 3.05) is 24.6 Å². The van der Waals surface area contributed by atoms with E-state index in [1.807, 2.05) is 18.2 Å². The first kappa shape index (κ1) is 11.8. The van der Waals surface area contributed by atoms with E-state index >= 15 is 0 Å². The van der Waals surface area contributed by atoms with Crippen LogP contribution in [0.2, 0.25) is 0 Å². The zero-order valence-electron chi connectivity index (χ0n) is 11.0. The van der Waals surface area contributed by atoms with Crippen LogP contribution in [0.4, 0.5) is 11.6 Å². The van der Waals surface area contributed by atoms with Crippen molar-refractivity contribution in [1.82, 2.24) is 9.88 Å². The monoisotopic (exact) mass is 246 g/mol. The first-order valence-electron chi connectivity index (χ1n) is 6.90. The molecule has 0 saturated carbocycles. The van der Waals surface area contributed by atoms with Crippen molar-refractivity contribution in [2.24, 2.45) is 5.92 Å². The molecule has 0 aromatic carbocycles. The van der Waals surface area contributed by atoms with Gasteiger partial charge in [-0.15, -0.1) is 0 Å². The highest BCUT2D eigenvalue weighted by molar-refractivity contribution is 5.42. The number of piperidine rings is 1. The van der Waals surface area contributed by atoms with E-state index in [4.69, 9.17) is 5.73 Å². The van der Waals surface area contributed by atoms with Gasteiger partial charge in [-0.1, -0.05) is 6.07 Å². The molecule has 1 aromatic rings. The van der Waals surface area contributed by atoms with E-state index < -0.39 is 0 Å². The van der Waals surface area contributed by atoms with Gasteiger partial charge in [0.1, 0.15) is 11.6 Å². The van der Waals surface area contributed by atoms with Crippen molar-refractivity contribution in [3.05, 3.63) is 18.2 Å². The third-order valence-electron chi connectivity index (χ3n) is 4.54. The highest BCUT2D eigenvalue weighted by Crippen LogP contribution is 2.37. The van der Waals surface area contributed by atoms with Gasteiger partial charge in [-0.2, -0.15) is 0 Å².